The van der Waals surface area contributed by atoms with Crippen LogP contribution in [-0.2, 0) is 6.54 Å². The van der Waals surface area contributed by atoms with Gasteiger partial charge in [-0.3, -0.25) is 4.98 Å². The molecule has 112 valence electrons. The van der Waals surface area contributed by atoms with Crippen LogP contribution in [0.5, 0.6) is 11.5 Å². The highest BCUT2D eigenvalue weighted by Gasteiger charge is 2.14. The van der Waals surface area contributed by atoms with Crippen LogP contribution in [0.1, 0.15) is 12.5 Å². The van der Waals surface area contributed by atoms with Gasteiger partial charge in [0.25, 0.3) is 0 Å². The van der Waals surface area contributed by atoms with Gasteiger partial charge in [0.15, 0.2) is 11.5 Å². The molecule has 2 rings (SSSR count). The first-order valence-corrected chi connectivity index (χ1v) is 6.85. The number of hydrogen-bond acceptors (Lipinski definition) is 5. The van der Waals surface area contributed by atoms with Gasteiger partial charge in [0.2, 0.25) is 0 Å². The number of pyridine rings is 1. The van der Waals surface area contributed by atoms with Gasteiger partial charge in [-0.05, 0) is 24.6 Å². The molecule has 0 aliphatic rings. The first-order chi connectivity index (χ1) is 10.2. The van der Waals surface area contributed by atoms with Crippen molar-refractivity contribution in [3.05, 3.63) is 42.2 Å². The summed E-state index contributed by atoms with van der Waals surface area (Å²) in [6.07, 6.45) is 3.59. The Kier molecular flexibility index (Phi) is 4.87. The minimum atomic E-state index is 0.638. The number of nitrogen functional groups attached to an aromatic ring is 1. The lowest BCUT2D eigenvalue weighted by atomic mass is 10.2. The van der Waals surface area contributed by atoms with Crippen LogP contribution in [0.2, 0.25) is 0 Å². The second-order valence-corrected chi connectivity index (χ2v) is 4.64. The molecule has 1 aromatic heterocycles. The summed E-state index contributed by atoms with van der Waals surface area (Å²) in [5, 5.41) is 0. The Labute approximate surface area is 125 Å². The molecule has 5 heteroatoms. The van der Waals surface area contributed by atoms with Crippen molar-refractivity contribution in [3.63, 3.8) is 0 Å². The Balaban J connectivity index is 2.33. The number of benzene rings is 1. The lowest BCUT2D eigenvalue weighted by Gasteiger charge is -2.25. The van der Waals surface area contributed by atoms with Crippen molar-refractivity contribution in [1.82, 2.24) is 4.98 Å². The number of nitrogens with zero attached hydrogens (tertiary/aromatic N) is 2. The van der Waals surface area contributed by atoms with Crippen LogP contribution >= 0.6 is 0 Å². The van der Waals surface area contributed by atoms with Gasteiger partial charge in [0.1, 0.15) is 0 Å². The summed E-state index contributed by atoms with van der Waals surface area (Å²) in [5.74, 6) is 1.31. The van der Waals surface area contributed by atoms with E-state index in [1.807, 2.05) is 18.2 Å². The maximum Gasteiger partial charge on any atom is 0.162 e. The van der Waals surface area contributed by atoms with Crippen LogP contribution in [0.15, 0.2) is 36.7 Å². The predicted molar refractivity (Wildman–Crippen MR) is 84.9 cm³/mol. The summed E-state index contributed by atoms with van der Waals surface area (Å²) in [4.78, 5) is 6.23. The monoisotopic (exact) mass is 287 g/mol. The highest BCUT2D eigenvalue weighted by Crippen LogP contribution is 2.37. The zero-order valence-electron chi connectivity index (χ0n) is 12.7. The van der Waals surface area contributed by atoms with Crippen molar-refractivity contribution in [2.75, 3.05) is 31.4 Å². The van der Waals surface area contributed by atoms with Crippen LogP contribution in [-0.4, -0.2) is 25.7 Å². The number of nitrogens with two attached hydrogens (primary N) is 1. The van der Waals surface area contributed by atoms with Crippen molar-refractivity contribution in [2.24, 2.45) is 0 Å². The maximum atomic E-state index is 6.16. The Bertz CT molecular complexity index is 588. The normalized spacial score (nSPS) is 10.2. The van der Waals surface area contributed by atoms with E-state index < -0.39 is 0 Å². The number of hydrogen-bond donors (Lipinski definition) is 1. The molecule has 0 fully saturated rings. The summed E-state index contributed by atoms with van der Waals surface area (Å²) < 4.78 is 10.6. The summed E-state index contributed by atoms with van der Waals surface area (Å²) in [5.41, 5.74) is 8.95. The van der Waals surface area contributed by atoms with Crippen molar-refractivity contribution in [2.45, 2.75) is 13.5 Å². The lowest BCUT2D eigenvalue weighted by Crippen LogP contribution is -2.23. The van der Waals surface area contributed by atoms with E-state index >= 15 is 0 Å². The molecule has 0 unspecified atom stereocenters. The summed E-state index contributed by atoms with van der Waals surface area (Å²) in [6.45, 7) is 3.69. The molecule has 0 saturated heterocycles. The van der Waals surface area contributed by atoms with E-state index in [0.717, 1.165) is 18.8 Å². The fourth-order valence-electron chi connectivity index (χ4n) is 2.23. The smallest absolute Gasteiger partial charge is 0.162 e. The molecule has 0 aliphatic heterocycles. The van der Waals surface area contributed by atoms with Crippen LogP contribution in [0.4, 0.5) is 11.4 Å². The third-order valence-corrected chi connectivity index (χ3v) is 3.38. The topological polar surface area (TPSA) is 60.6 Å². The number of anilines is 2. The summed E-state index contributed by atoms with van der Waals surface area (Å²) in [6, 6.07) is 7.71. The first-order valence-electron chi connectivity index (χ1n) is 6.85. The van der Waals surface area contributed by atoms with Gasteiger partial charge in [0, 0.05) is 37.6 Å². The van der Waals surface area contributed by atoms with Gasteiger partial charge >= 0.3 is 0 Å². The lowest BCUT2D eigenvalue weighted by molar-refractivity contribution is 0.355. The Morgan fingerprint density at radius 3 is 2.29 bits per heavy atom. The van der Waals surface area contributed by atoms with E-state index in [-0.39, 0.29) is 0 Å². The number of ether oxygens (including phenoxy) is 2. The highest BCUT2D eigenvalue weighted by atomic mass is 16.5. The van der Waals surface area contributed by atoms with Crippen molar-refractivity contribution >= 4 is 11.4 Å². The zero-order valence-corrected chi connectivity index (χ0v) is 12.7. The molecular weight excluding hydrogens is 266 g/mol. The third kappa shape index (κ3) is 3.37. The first kappa shape index (κ1) is 15.0. The second-order valence-electron chi connectivity index (χ2n) is 4.64. The maximum absolute atomic E-state index is 6.16. The molecular formula is C16H21N3O2. The molecule has 0 radical (unpaired) electrons. The Morgan fingerprint density at radius 1 is 1.10 bits per heavy atom. The molecule has 1 aromatic carbocycles. The molecule has 0 saturated carbocycles. The van der Waals surface area contributed by atoms with Crippen LogP contribution in [0.3, 0.4) is 0 Å². The van der Waals surface area contributed by atoms with Crippen LogP contribution in [0.25, 0.3) is 0 Å². The van der Waals surface area contributed by atoms with Crippen molar-refractivity contribution in [1.29, 1.82) is 0 Å². The molecule has 0 amide bonds. The highest BCUT2D eigenvalue weighted by molar-refractivity contribution is 5.73. The standard InChI is InChI=1S/C16H21N3O2/c1-4-19(11-12-5-7-18-8-6-12)14-10-16(21-3)15(20-2)9-13(14)17/h5-10H,4,11,17H2,1-3H3. The molecule has 5 nitrogen and oxygen atoms in total. The van der Waals surface area contributed by atoms with Crippen molar-refractivity contribution < 1.29 is 9.47 Å². The summed E-state index contributed by atoms with van der Waals surface area (Å²) >= 11 is 0. The summed E-state index contributed by atoms with van der Waals surface area (Å²) in [7, 11) is 3.22. The Hall–Kier alpha value is -2.43. The molecule has 21 heavy (non-hydrogen) atoms. The van der Waals surface area contributed by atoms with E-state index in [0.29, 0.717) is 17.2 Å². The molecule has 1 heterocycles. The largest absolute Gasteiger partial charge is 0.493 e. The van der Waals surface area contributed by atoms with E-state index in [1.165, 1.54) is 5.56 Å². The Morgan fingerprint density at radius 2 is 1.71 bits per heavy atom. The average Bonchev–Trinajstić information content (AvgIpc) is 2.53. The second kappa shape index (κ2) is 6.83. The van der Waals surface area contributed by atoms with Gasteiger partial charge < -0.3 is 20.1 Å². The zero-order chi connectivity index (χ0) is 15.2. The minimum absolute atomic E-state index is 0.638. The van der Waals surface area contributed by atoms with Crippen LogP contribution in [0, 0.1) is 0 Å². The molecule has 0 bridgehead atoms. The van der Waals surface area contributed by atoms with E-state index in [1.54, 1.807) is 32.7 Å². The minimum Gasteiger partial charge on any atom is -0.493 e. The average molecular weight is 287 g/mol. The molecule has 0 spiro atoms. The van der Waals surface area contributed by atoms with Crippen LogP contribution < -0.4 is 20.1 Å². The SMILES string of the molecule is CCN(Cc1ccncc1)c1cc(OC)c(OC)cc1N. The van der Waals surface area contributed by atoms with Gasteiger partial charge in [0.05, 0.1) is 25.6 Å². The van der Waals surface area contributed by atoms with Crippen molar-refractivity contribution in [3.8, 4) is 11.5 Å². The quantitative estimate of drug-likeness (QED) is 0.828. The van der Waals surface area contributed by atoms with Gasteiger partial charge in [-0.25, -0.2) is 0 Å². The molecule has 2 aromatic rings. The van der Waals surface area contributed by atoms with Gasteiger partial charge in [-0.1, -0.05) is 0 Å². The fourth-order valence-corrected chi connectivity index (χ4v) is 2.23. The fraction of sp³-hybridized carbons (Fsp3) is 0.312. The molecule has 0 aliphatic carbocycles. The van der Waals surface area contributed by atoms with Gasteiger partial charge in [-0.2, -0.15) is 0 Å². The number of methoxy groups -OCH3 is 2. The van der Waals surface area contributed by atoms with E-state index in [9.17, 15) is 0 Å². The van der Waals surface area contributed by atoms with Gasteiger partial charge in [-0.15, -0.1) is 0 Å². The number of aromatic nitrogens is 1. The van der Waals surface area contributed by atoms with E-state index in [4.69, 9.17) is 15.2 Å². The molecule has 2 N–H and O–H groups in total. The predicted octanol–water partition coefficient (Wildman–Crippen LogP) is 2.71. The molecule has 0 atom stereocenters. The third-order valence-electron chi connectivity index (χ3n) is 3.38. The number of rotatable bonds is 6. The van der Waals surface area contributed by atoms with E-state index in [2.05, 4.69) is 16.8 Å².